The third kappa shape index (κ3) is 64.7. The van der Waals surface area contributed by atoms with Crippen molar-refractivity contribution in [1.29, 1.82) is 0 Å². The predicted molar refractivity (Wildman–Crippen MR) is 176 cm³/mol. The van der Waals surface area contributed by atoms with Crippen molar-refractivity contribution in [2.75, 3.05) is 47.8 Å². The molecule has 1 unspecified atom stereocenters. The highest BCUT2D eigenvalue weighted by Crippen LogP contribution is 2.08. The zero-order valence-electron chi connectivity index (χ0n) is 26.6. The van der Waals surface area contributed by atoms with Crippen molar-refractivity contribution < 1.29 is 31.3 Å². The highest BCUT2D eigenvalue weighted by Gasteiger charge is 2.21. The number of rotatable bonds is 16. The third-order valence-corrected chi connectivity index (χ3v) is 11.9. The molecule has 1 atom stereocenters. The van der Waals surface area contributed by atoms with Gasteiger partial charge in [0.25, 0.3) is 0 Å². The van der Waals surface area contributed by atoms with Crippen LogP contribution in [0, 0.1) is 0 Å². The van der Waals surface area contributed by atoms with E-state index in [1.54, 1.807) is 21.3 Å². The van der Waals surface area contributed by atoms with E-state index < -0.39 is 16.6 Å². The normalized spacial score (nSPS) is 15.2. The molecule has 0 N–H and O–H groups in total. The Morgan fingerprint density at radius 1 is 0.861 bits per heavy atom. The summed E-state index contributed by atoms with van der Waals surface area (Å²) in [6.45, 7) is 23.3. The standard InChI is InChI=1S/C7H16O3Si.C7H18OSi.C4H14OSi2.C4H12OSi.CH6OSi/c1-8-11-4-2-3-9-5-7-6-10-7;1-3-4-5-6-7-8-9-2;1-6-5-7(2,3)4;1-5-6(2,3)4;1-2-3/h7H,2-6,11H2,1H3;3-7,9H2,1-2H3;6H2,1-4H3;1-4H3;1,3H3. The largest absolute Gasteiger partial charge is 0.461 e. The molecule has 0 bridgehead atoms. The van der Waals surface area contributed by atoms with Gasteiger partial charge in [0.15, 0.2) is 36.2 Å². The van der Waals surface area contributed by atoms with E-state index in [1.165, 1.54) is 31.7 Å². The molecule has 0 radical (unpaired) electrons. The lowest BCUT2D eigenvalue weighted by atomic mass is 10.2. The molecule has 36 heavy (non-hydrogen) atoms. The molecule has 1 saturated heterocycles. The summed E-state index contributed by atoms with van der Waals surface area (Å²) < 4.78 is 35.7. The fraction of sp³-hybridized carbons (Fsp3) is 1.00. The fourth-order valence-corrected chi connectivity index (χ4v) is 6.69. The van der Waals surface area contributed by atoms with Crippen LogP contribution in [0.3, 0.4) is 0 Å². The van der Waals surface area contributed by atoms with Crippen LogP contribution < -0.4 is 0 Å². The second-order valence-corrected chi connectivity index (χ2v) is 24.3. The molecule has 1 fully saturated rings. The SMILES string of the molecule is CCCCCCO[SiH2]C.CO[SiH2]CCCOCC1CO1.CO[SiH3].CO[Si](C)(C)C.C[SiH2]O[Si](C)(C)C. The van der Waals surface area contributed by atoms with Crippen molar-refractivity contribution >= 4 is 56.4 Å². The van der Waals surface area contributed by atoms with E-state index in [4.69, 9.17) is 26.9 Å². The Morgan fingerprint density at radius 3 is 1.75 bits per heavy atom. The molecule has 0 aromatic carbocycles. The lowest BCUT2D eigenvalue weighted by Gasteiger charge is -2.14. The summed E-state index contributed by atoms with van der Waals surface area (Å²) in [5.41, 5.74) is 0. The summed E-state index contributed by atoms with van der Waals surface area (Å²) >= 11 is 0. The zero-order chi connectivity index (χ0) is 28.7. The van der Waals surface area contributed by atoms with E-state index in [1.807, 2.05) is 0 Å². The Bertz CT molecular complexity index is 377. The molecule has 13 heteroatoms. The Kier molecular flexibility index (Phi) is 41.7. The van der Waals surface area contributed by atoms with Crippen molar-refractivity contribution in [3.63, 3.8) is 0 Å². The van der Waals surface area contributed by atoms with Gasteiger partial charge in [-0.15, -0.1) is 0 Å². The van der Waals surface area contributed by atoms with Crippen molar-refractivity contribution in [2.45, 2.75) is 104 Å². The van der Waals surface area contributed by atoms with Gasteiger partial charge in [0.05, 0.1) is 13.2 Å². The molecule has 0 aromatic rings. The zero-order valence-corrected chi connectivity index (χ0v) is 34.9. The molecule has 0 aromatic heterocycles. The Morgan fingerprint density at radius 2 is 1.42 bits per heavy atom. The Labute approximate surface area is 238 Å². The highest BCUT2D eigenvalue weighted by atomic mass is 28.4. The maximum atomic E-state index is 5.51. The van der Waals surface area contributed by atoms with Gasteiger partial charge < -0.3 is 31.3 Å². The first-order chi connectivity index (χ1) is 16.9. The van der Waals surface area contributed by atoms with Gasteiger partial charge in [-0.2, -0.15) is 0 Å². The van der Waals surface area contributed by atoms with Crippen molar-refractivity contribution in [2.24, 2.45) is 0 Å². The molecule has 1 rings (SSSR count). The number of hydrogen-bond acceptors (Lipinski definition) is 7. The topological polar surface area (TPSA) is 67.9 Å². The van der Waals surface area contributed by atoms with Gasteiger partial charge in [0, 0.05) is 34.5 Å². The second kappa shape index (κ2) is 34.0. The van der Waals surface area contributed by atoms with Crippen LogP contribution in [0.4, 0.5) is 0 Å². The minimum atomic E-state index is -1.13. The molecule has 0 saturated carbocycles. The Balaban J connectivity index is -0.000000187. The van der Waals surface area contributed by atoms with E-state index in [9.17, 15) is 0 Å². The first-order valence-corrected chi connectivity index (χ1v) is 26.9. The summed E-state index contributed by atoms with van der Waals surface area (Å²) in [4.78, 5) is 0. The molecule has 1 heterocycles. The van der Waals surface area contributed by atoms with Crippen LogP contribution in [0.2, 0.25) is 58.4 Å². The van der Waals surface area contributed by atoms with E-state index in [0.29, 0.717) is 6.10 Å². The molecule has 0 spiro atoms. The van der Waals surface area contributed by atoms with Crippen LogP contribution in [-0.4, -0.2) is 110 Å². The smallest absolute Gasteiger partial charge is 0.183 e. The van der Waals surface area contributed by atoms with Gasteiger partial charge in [-0.05, 0) is 58.2 Å². The second-order valence-electron chi connectivity index (χ2n) is 10.3. The van der Waals surface area contributed by atoms with Gasteiger partial charge >= 0.3 is 0 Å². The van der Waals surface area contributed by atoms with Crippen LogP contribution in [0.5, 0.6) is 0 Å². The van der Waals surface area contributed by atoms with Gasteiger partial charge in [0.2, 0.25) is 0 Å². The first kappa shape index (κ1) is 44.1. The maximum Gasteiger partial charge on any atom is 0.183 e. The van der Waals surface area contributed by atoms with Crippen molar-refractivity contribution in [3.05, 3.63) is 0 Å². The average molecular weight is 623 g/mol. The minimum Gasteiger partial charge on any atom is -0.461 e. The van der Waals surface area contributed by atoms with Gasteiger partial charge in [-0.3, -0.25) is 0 Å². The highest BCUT2D eigenvalue weighted by molar-refractivity contribution is 6.73. The number of epoxide rings is 1. The van der Waals surface area contributed by atoms with Crippen molar-refractivity contribution in [3.8, 4) is 0 Å². The molecular weight excluding hydrogens is 557 g/mol. The van der Waals surface area contributed by atoms with Crippen LogP contribution in [0.15, 0.2) is 0 Å². The first-order valence-electron chi connectivity index (χ1n) is 13.7. The fourth-order valence-electron chi connectivity index (χ4n) is 2.04. The van der Waals surface area contributed by atoms with Crippen LogP contribution >= 0.6 is 0 Å². The van der Waals surface area contributed by atoms with E-state index in [2.05, 4.69) is 63.7 Å². The monoisotopic (exact) mass is 622 g/mol. The molecular formula is C23H66O7Si6. The van der Waals surface area contributed by atoms with Crippen molar-refractivity contribution in [1.82, 2.24) is 0 Å². The summed E-state index contributed by atoms with van der Waals surface area (Å²) in [5.74, 6) is 0. The number of ether oxygens (including phenoxy) is 2. The lowest BCUT2D eigenvalue weighted by Crippen LogP contribution is -2.26. The summed E-state index contributed by atoms with van der Waals surface area (Å²) in [6.07, 6.45) is 6.87. The summed E-state index contributed by atoms with van der Waals surface area (Å²) in [7, 11) is 3.41. The molecule has 7 nitrogen and oxygen atoms in total. The van der Waals surface area contributed by atoms with E-state index in [0.717, 1.165) is 43.3 Å². The summed E-state index contributed by atoms with van der Waals surface area (Å²) in [6, 6.07) is 1.22. The van der Waals surface area contributed by atoms with Crippen LogP contribution in [-0.2, 0) is 31.3 Å². The van der Waals surface area contributed by atoms with Gasteiger partial charge in [0.1, 0.15) is 26.4 Å². The van der Waals surface area contributed by atoms with E-state index >= 15 is 0 Å². The lowest BCUT2D eigenvalue weighted by molar-refractivity contribution is 0.117. The number of unbranched alkanes of at least 4 members (excludes halogenated alkanes) is 3. The Hall–Kier alpha value is 1.02. The maximum absolute atomic E-state index is 5.51. The van der Waals surface area contributed by atoms with Gasteiger partial charge in [-0.25, -0.2) is 0 Å². The van der Waals surface area contributed by atoms with E-state index in [-0.39, 0.29) is 29.3 Å². The molecule has 0 aliphatic carbocycles. The van der Waals surface area contributed by atoms with Gasteiger partial charge in [-0.1, -0.05) is 39.3 Å². The molecule has 224 valence electrons. The van der Waals surface area contributed by atoms with Crippen LogP contribution in [0.1, 0.15) is 39.0 Å². The quantitative estimate of drug-likeness (QED) is 0.149. The molecule has 0 amide bonds. The molecule has 1 aliphatic rings. The predicted octanol–water partition coefficient (Wildman–Crippen LogP) is 3.01. The number of hydrogen-bond donors (Lipinski definition) is 0. The third-order valence-electron chi connectivity index (χ3n) is 4.13. The van der Waals surface area contributed by atoms with Crippen LogP contribution in [0.25, 0.3) is 0 Å². The molecule has 1 aliphatic heterocycles. The minimum absolute atomic E-state index is 0.120. The average Bonchev–Trinajstić information content (AvgIpc) is 3.61. The summed E-state index contributed by atoms with van der Waals surface area (Å²) in [5, 5.41) is 0.